The molecule has 1 saturated heterocycles. The predicted molar refractivity (Wildman–Crippen MR) is 87.5 cm³/mol. The summed E-state index contributed by atoms with van der Waals surface area (Å²) in [5, 5.41) is 0. The standard InChI is InChI=1S/C15H25N3O2S/c1-2-11-18(15-10-6-5-9-14(15)16)21(19,20)17-12-7-3-4-8-13-17/h5-6,9-10H,2-4,7-8,11-13,16H2,1H3. The van der Waals surface area contributed by atoms with E-state index in [2.05, 4.69) is 0 Å². The van der Waals surface area contributed by atoms with Gasteiger partial charge in [-0.1, -0.05) is 31.9 Å². The molecule has 118 valence electrons. The van der Waals surface area contributed by atoms with Crippen LogP contribution in [0.15, 0.2) is 24.3 Å². The molecule has 0 amide bonds. The van der Waals surface area contributed by atoms with Crippen molar-refractivity contribution in [1.82, 2.24) is 4.31 Å². The summed E-state index contributed by atoms with van der Waals surface area (Å²) >= 11 is 0. The average Bonchev–Trinajstić information content (AvgIpc) is 2.75. The molecular formula is C15H25N3O2S. The topological polar surface area (TPSA) is 66.6 Å². The second kappa shape index (κ2) is 7.13. The lowest BCUT2D eigenvalue weighted by Crippen LogP contribution is -2.45. The lowest BCUT2D eigenvalue weighted by atomic mass is 10.2. The van der Waals surface area contributed by atoms with Crippen molar-refractivity contribution in [2.45, 2.75) is 39.0 Å². The molecule has 1 aromatic rings. The fourth-order valence-corrected chi connectivity index (χ4v) is 4.52. The molecule has 1 aliphatic rings. The minimum atomic E-state index is -3.50. The van der Waals surface area contributed by atoms with E-state index in [-0.39, 0.29) is 0 Å². The van der Waals surface area contributed by atoms with Crippen LogP contribution in [0.25, 0.3) is 0 Å². The van der Waals surface area contributed by atoms with Crippen LogP contribution in [0.4, 0.5) is 11.4 Å². The van der Waals surface area contributed by atoms with Crippen molar-refractivity contribution in [3.8, 4) is 0 Å². The normalized spacial score (nSPS) is 17.4. The first kappa shape index (κ1) is 16.1. The molecule has 0 spiro atoms. The van der Waals surface area contributed by atoms with Gasteiger partial charge in [0.1, 0.15) is 0 Å². The van der Waals surface area contributed by atoms with Gasteiger partial charge in [-0.15, -0.1) is 0 Å². The maximum absolute atomic E-state index is 13.0. The third-order valence-corrected chi connectivity index (χ3v) is 5.76. The Hall–Kier alpha value is -1.27. The molecule has 21 heavy (non-hydrogen) atoms. The molecule has 0 bridgehead atoms. The summed E-state index contributed by atoms with van der Waals surface area (Å²) in [7, 11) is -3.50. The third kappa shape index (κ3) is 3.68. The molecule has 2 rings (SSSR count). The number of rotatable bonds is 5. The summed E-state index contributed by atoms with van der Waals surface area (Å²) in [4.78, 5) is 0. The van der Waals surface area contributed by atoms with Gasteiger partial charge in [-0.2, -0.15) is 12.7 Å². The molecule has 0 unspecified atom stereocenters. The van der Waals surface area contributed by atoms with E-state index >= 15 is 0 Å². The van der Waals surface area contributed by atoms with Crippen LogP contribution in [-0.4, -0.2) is 32.4 Å². The summed E-state index contributed by atoms with van der Waals surface area (Å²) in [6.45, 7) is 3.64. The van der Waals surface area contributed by atoms with Crippen molar-refractivity contribution in [2.75, 3.05) is 29.7 Å². The number of nitrogen functional groups attached to an aromatic ring is 1. The van der Waals surface area contributed by atoms with E-state index in [9.17, 15) is 8.42 Å². The third-order valence-electron chi connectivity index (χ3n) is 3.80. The monoisotopic (exact) mass is 311 g/mol. The number of nitrogens with two attached hydrogens (primary N) is 1. The fraction of sp³-hybridized carbons (Fsp3) is 0.600. The van der Waals surface area contributed by atoms with Crippen molar-refractivity contribution >= 4 is 21.6 Å². The van der Waals surface area contributed by atoms with Crippen LogP contribution >= 0.6 is 0 Å². The minimum absolute atomic E-state index is 0.451. The van der Waals surface area contributed by atoms with Crippen molar-refractivity contribution in [2.24, 2.45) is 0 Å². The molecule has 2 N–H and O–H groups in total. The number of para-hydroxylation sites is 2. The summed E-state index contributed by atoms with van der Waals surface area (Å²) in [6, 6.07) is 7.17. The van der Waals surface area contributed by atoms with Crippen LogP contribution < -0.4 is 10.0 Å². The maximum atomic E-state index is 13.0. The van der Waals surface area contributed by atoms with E-state index in [1.807, 2.05) is 19.1 Å². The second-order valence-corrected chi connectivity index (χ2v) is 7.30. The zero-order valence-electron chi connectivity index (χ0n) is 12.7. The minimum Gasteiger partial charge on any atom is -0.397 e. The highest BCUT2D eigenvalue weighted by atomic mass is 32.2. The van der Waals surface area contributed by atoms with Crippen LogP contribution in [0.1, 0.15) is 39.0 Å². The van der Waals surface area contributed by atoms with E-state index < -0.39 is 10.2 Å². The smallest absolute Gasteiger partial charge is 0.304 e. The molecule has 0 aliphatic carbocycles. The summed E-state index contributed by atoms with van der Waals surface area (Å²) < 4.78 is 29.0. The molecule has 0 radical (unpaired) electrons. The lowest BCUT2D eigenvalue weighted by Gasteiger charge is -2.31. The highest BCUT2D eigenvalue weighted by molar-refractivity contribution is 7.90. The Bertz CT molecular complexity index is 552. The van der Waals surface area contributed by atoms with Gasteiger partial charge in [-0.25, -0.2) is 0 Å². The molecule has 1 fully saturated rings. The number of hydrogen-bond acceptors (Lipinski definition) is 3. The Morgan fingerprint density at radius 1 is 1.14 bits per heavy atom. The van der Waals surface area contributed by atoms with Gasteiger partial charge in [-0.3, -0.25) is 4.31 Å². The van der Waals surface area contributed by atoms with E-state index in [0.29, 0.717) is 31.0 Å². The van der Waals surface area contributed by atoms with Gasteiger partial charge < -0.3 is 5.73 Å². The molecule has 1 heterocycles. The van der Waals surface area contributed by atoms with Crippen LogP contribution in [-0.2, 0) is 10.2 Å². The Kier molecular flexibility index (Phi) is 5.47. The van der Waals surface area contributed by atoms with Gasteiger partial charge in [-0.05, 0) is 31.4 Å². The SMILES string of the molecule is CCCN(c1ccccc1N)S(=O)(=O)N1CCCCCC1. The molecule has 1 aliphatic heterocycles. The first-order valence-electron chi connectivity index (χ1n) is 7.69. The second-order valence-electron chi connectivity index (χ2n) is 5.45. The first-order chi connectivity index (χ1) is 10.1. The highest BCUT2D eigenvalue weighted by Gasteiger charge is 2.30. The van der Waals surface area contributed by atoms with Gasteiger partial charge in [0.2, 0.25) is 0 Å². The van der Waals surface area contributed by atoms with Gasteiger partial charge in [0.15, 0.2) is 0 Å². The number of benzene rings is 1. The van der Waals surface area contributed by atoms with Crippen LogP contribution in [0, 0.1) is 0 Å². The molecule has 6 heteroatoms. The van der Waals surface area contributed by atoms with Crippen LogP contribution in [0.2, 0.25) is 0 Å². The molecule has 5 nitrogen and oxygen atoms in total. The average molecular weight is 311 g/mol. The zero-order valence-corrected chi connectivity index (χ0v) is 13.5. The van der Waals surface area contributed by atoms with E-state index in [1.54, 1.807) is 16.4 Å². The fourth-order valence-electron chi connectivity index (χ4n) is 2.69. The Morgan fingerprint density at radius 2 is 1.76 bits per heavy atom. The molecular weight excluding hydrogens is 286 g/mol. The molecule has 0 saturated carbocycles. The largest absolute Gasteiger partial charge is 0.397 e. The zero-order chi connectivity index (χ0) is 15.3. The number of nitrogens with zero attached hydrogens (tertiary/aromatic N) is 2. The Labute approximate surface area is 127 Å². The van der Waals surface area contributed by atoms with E-state index in [1.165, 1.54) is 4.31 Å². The van der Waals surface area contributed by atoms with Crippen LogP contribution in [0.3, 0.4) is 0 Å². The molecule has 0 aromatic heterocycles. The van der Waals surface area contributed by atoms with Crippen molar-refractivity contribution in [3.05, 3.63) is 24.3 Å². The van der Waals surface area contributed by atoms with E-state index in [4.69, 9.17) is 5.73 Å². The predicted octanol–water partition coefficient (Wildman–Crippen LogP) is 2.61. The van der Waals surface area contributed by atoms with Gasteiger partial charge >= 0.3 is 10.2 Å². The Balaban J connectivity index is 2.34. The van der Waals surface area contributed by atoms with Crippen molar-refractivity contribution < 1.29 is 8.42 Å². The quantitative estimate of drug-likeness (QED) is 0.850. The van der Waals surface area contributed by atoms with Crippen molar-refractivity contribution in [1.29, 1.82) is 0 Å². The highest BCUT2D eigenvalue weighted by Crippen LogP contribution is 2.28. The summed E-state index contributed by atoms with van der Waals surface area (Å²) in [5.74, 6) is 0. The van der Waals surface area contributed by atoms with E-state index in [0.717, 1.165) is 32.1 Å². The lowest BCUT2D eigenvalue weighted by molar-refractivity contribution is 0.421. The van der Waals surface area contributed by atoms with Crippen molar-refractivity contribution in [3.63, 3.8) is 0 Å². The Morgan fingerprint density at radius 3 is 2.33 bits per heavy atom. The molecule has 1 aromatic carbocycles. The van der Waals surface area contributed by atoms with Gasteiger partial charge in [0, 0.05) is 19.6 Å². The number of anilines is 2. The van der Waals surface area contributed by atoms with Gasteiger partial charge in [0.25, 0.3) is 0 Å². The van der Waals surface area contributed by atoms with Crippen LogP contribution in [0.5, 0.6) is 0 Å². The maximum Gasteiger partial charge on any atom is 0.304 e. The first-order valence-corrected chi connectivity index (χ1v) is 9.09. The molecule has 0 atom stereocenters. The summed E-state index contributed by atoms with van der Waals surface area (Å²) in [5.41, 5.74) is 7.07. The summed E-state index contributed by atoms with van der Waals surface area (Å²) in [6.07, 6.45) is 4.83. The number of hydrogen-bond donors (Lipinski definition) is 1. The van der Waals surface area contributed by atoms with Gasteiger partial charge in [0.05, 0.1) is 11.4 Å².